The first-order valence-corrected chi connectivity index (χ1v) is 8.82. The van der Waals surface area contributed by atoms with Gasteiger partial charge in [-0.3, -0.25) is 10.6 Å². The van der Waals surface area contributed by atoms with Gasteiger partial charge in [0.25, 0.3) is 0 Å². The normalized spacial score (nSPS) is 28.2. The summed E-state index contributed by atoms with van der Waals surface area (Å²) >= 11 is 0. The van der Waals surface area contributed by atoms with E-state index >= 15 is 0 Å². The van der Waals surface area contributed by atoms with Crippen LogP contribution in [-0.4, -0.2) is 39.5 Å². The lowest BCUT2D eigenvalue weighted by molar-refractivity contribution is -0.194. The molecule has 0 unspecified atom stereocenters. The van der Waals surface area contributed by atoms with Crippen LogP contribution in [-0.2, 0) is 9.47 Å². The molecule has 2 aliphatic heterocycles. The first-order chi connectivity index (χ1) is 12.8. The van der Waals surface area contributed by atoms with Crippen LogP contribution < -0.4 is 20.1 Å². The summed E-state index contributed by atoms with van der Waals surface area (Å²) in [5, 5.41) is 6.85. The van der Waals surface area contributed by atoms with E-state index < -0.39 is 0 Å². The van der Waals surface area contributed by atoms with Crippen LogP contribution in [0.3, 0.4) is 0 Å². The van der Waals surface area contributed by atoms with Crippen molar-refractivity contribution in [3.8, 4) is 11.5 Å². The molecule has 138 valence electrons. The van der Waals surface area contributed by atoms with Crippen LogP contribution in [0.2, 0.25) is 0 Å². The van der Waals surface area contributed by atoms with E-state index in [1.165, 1.54) is 0 Å². The van der Waals surface area contributed by atoms with E-state index in [1.807, 2.05) is 48.5 Å². The standard InChI is InChI=1S/C20H24N2O4/c1-23-15-7-3-13(4-8-15)19-21-11-18-17(25-19)12-22-20(26-18)14-5-9-16(24-2)10-6-14/h3-10,17-22H,11-12H2,1-2H3/t17-,18+,19+,20-. The molecule has 0 amide bonds. The molecule has 2 heterocycles. The number of nitrogens with one attached hydrogen (secondary N) is 2. The van der Waals surface area contributed by atoms with Crippen molar-refractivity contribution in [2.75, 3.05) is 27.3 Å². The lowest BCUT2D eigenvalue weighted by atomic mass is 10.1. The Hall–Kier alpha value is -2.12. The minimum Gasteiger partial charge on any atom is -0.497 e. The van der Waals surface area contributed by atoms with E-state index in [0.29, 0.717) is 0 Å². The summed E-state index contributed by atoms with van der Waals surface area (Å²) in [7, 11) is 3.33. The number of fused-ring (bicyclic) bond motifs is 1. The highest BCUT2D eigenvalue weighted by atomic mass is 16.6. The maximum atomic E-state index is 6.21. The van der Waals surface area contributed by atoms with Gasteiger partial charge in [-0.1, -0.05) is 24.3 Å². The van der Waals surface area contributed by atoms with Crippen LogP contribution in [0.5, 0.6) is 11.5 Å². The molecule has 0 saturated carbocycles. The molecule has 0 aromatic heterocycles. The minimum atomic E-state index is -0.134. The quantitative estimate of drug-likeness (QED) is 0.877. The molecule has 6 heteroatoms. The molecule has 2 fully saturated rings. The molecule has 2 N–H and O–H groups in total. The average Bonchev–Trinajstić information content (AvgIpc) is 2.73. The van der Waals surface area contributed by atoms with E-state index in [2.05, 4.69) is 10.6 Å². The zero-order chi connectivity index (χ0) is 17.9. The summed E-state index contributed by atoms with van der Waals surface area (Å²) in [5.74, 6) is 1.68. The van der Waals surface area contributed by atoms with Gasteiger partial charge in [0.15, 0.2) is 0 Å². The molecule has 4 atom stereocenters. The van der Waals surface area contributed by atoms with Crippen molar-refractivity contribution >= 4 is 0 Å². The van der Waals surface area contributed by atoms with Crippen LogP contribution >= 0.6 is 0 Å². The van der Waals surface area contributed by atoms with Crippen molar-refractivity contribution in [3.05, 3.63) is 59.7 Å². The van der Waals surface area contributed by atoms with Crippen LogP contribution in [0.15, 0.2) is 48.5 Å². The first kappa shape index (κ1) is 17.3. The Morgan fingerprint density at radius 3 is 1.42 bits per heavy atom. The zero-order valence-corrected chi connectivity index (χ0v) is 15.0. The SMILES string of the molecule is COc1ccc([C@@H]2NC[C@H]3O[C@@H](c4ccc(OC)cc4)NC[C@@H]3O2)cc1. The highest BCUT2D eigenvalue weighted by Gasteiger charge is 2.37. The fraction of sp³-hybridized carbons (Fsp3) is 0.400. The Balaban J connectivity index is 1.38. The predicted molar refractivity (Wildman–Crippen MR) is 97.2 cm³/mol. The Morgan fingerprint density at radius 1 is 0.692 bits per heavy atom. The van der Waals surface area contributed by atoms with E-state index in [-0.39, 0.29) is 24.7 Å². The molecule has 0 spiro atoms. The van der Waals surface area contributed by atoms with Gasteiger partial charge in [-0.25, -0.2) is 0 Å². The van der Waals surface area contributed by atoms with E-state index in [0.717, 1.165) is 35.7 Å². The predicted octanol–water partition coefficient (Wildman–Crippen LogP) is 2.38. The maximum absolute atomic E-state index is 6.21. The Bertz CT molecular complexity index is 656. The second kappa shape index (κ2) is 7.63. The molecular formula is C20H24N2O4. The zero-order valence-electron chi connectivity index (χ0n) is 15.0. The molecule has 2 aliphatic rings. The van der Waals surface area contributed by atoms with Gasteiger partial charge in [-0.15, -0.1) is 0 Å². The Labute approximate surface area is 153 Å². The third kappa shape index (κ3) is 3.54. The highest BCUT2D eigenvalue weighted by molar-refractivity contribution is 5.29. The summed E-state index contributed by atoms with van der Waals surface area (Å²) in [6, 6.07) is 15.9. The number of hydrogen-bond donors (Lipinski definition) is 2. The average molecular weight is 356 g/mol. The molecule has 26 heavy (non-hydrogen) atoms. The van der Waals surface area contributed by atoms with E-state index in [9.17, 15) is 0 Å². The topological polar surface area (TPSA) is 61.0 Å². The fourth-order valence-corrected chi connectivity index (χ4v) is 3.38. The van der Waals surface area contributed by atoms with Crippen LogP contribution in [0, 0.1) is 0 Å². The van der Waals surface area contributed by atoms with Crippen LogP contribution in [0.4, 0.5) is 0 Å². The summed E-state index contributed by atoms with van der Waals surface area (Å²) in [4.78, 5) is 0. The summed E-state index contributed by atoms with van der Waals surface area (Å²) in [6.07, 6.45) is -0.245. The third-order valence-electron chi connectivity index (χ3n) is 4.88. The second-order valence-electron chi connectivity index (χ2n) is 6.47. The van der Waals surface area contributed by atoms with Gasteiger partial charge < -0.3 is 18.9 Å². The summed E-state index contributed by atoms with van der Waals surface area (Å²) in [5.41, 5.74) is 2.17. The van der Waals surface area contributed by atoms with Gasteiger partial charge in [0.1, 0.15) is 24.0 Å². The second-order valence-corrected chi connectivity index (χ2v) is 6.47. The van der Waals surface area contributed by atoms with E-state index in [4.69, 9.17) is 18.9 Å². The summed E-state index contributed by atoms with van der Waals surface area (Å²) in [6.45, 7) is 1.49. The van der Waals surface area contributed by atoms with Gasteiger partial charge in [0.2, 0.25) is 0 Å². The number of rotatable bonds is 4. The summed E-state index contributed by atoms with van der Waals surface area (Å²) < 4.78 is 22.8. The number of benzene rings is 2. The minimum absolute atomic E-state index is 0.0119. The largest absolute Gasteiger partial charge is 0.497 e. The molecule has 0 aliphatic carbocycles. The molecular weight excluding hydrogens is 332 g/mol. The molecule has 4 rings (SSSR count). The lowest BCUT2D eigenvalue weighted by Crippen LogP contribution is -2.57. The molecule has 2 aromatic rings. The molecule has 0 bridgehead atoms. The number of methoxy groups -OCH3 is 2. The van der Waals surface area contributed by atoms with Crippen molar-refractivity contribution in [2.24, 2.45) is 0 Å². The molecule has 0 radical (unpaired) electrons. The highest BCUT2D eigenvalue weighted by Crippen LogP contribution is 2.30. The Kier molecular flexibility index (Phi) is 5.08. The van der Waals surface area contributed by atoms with Crippen LogP contribution in [0.25, 0.3) is 0 Å². The van der Waals surface area contributed by atoms with Crippen molar-refractivity contribution in [1.82, 2.24) is 10.6 Å². The maximum Gasteiger partial charge on any atom is 0.134 e. The monoisotopic (exact) mass is 356 g/mol. The van der Waals surface area contributed by atoms with Gasteiger partial charge in [-0.2, -0.15) is 0 Å². The number of hydrogen-bond acceptors (Lipinski definition) is 6. The van der Waals surface area contributed by atoms with Gasteiger partial charge in [0, 0.05) is 13.1 Å². The van der Waals surface area contributed by atoms with Crippen molar-refractivity contribution < 1.29 is 18.9 Å². The smallest absolute Gasteiger partial charge is 0.134 e. The molecule has 2 aromatic carbocycles. The van der Waals surface area contributed by atoms with Gasteiger partial charge in [0.05, 0.1) is 26.4 Å². The van der Waals surface area contributed by atoms with Crippen LogP contribution in [0.1, 0.15) is 23.6 Å². The first-order valence-electron chi connectivity index (χ1n) is 8.82. The third-order valence-corrected chi connectivity index (χ3v) is 4.88. The van der Waals surface area contributed by atoms with Crippen molar-refractivity contribution in [1.29, 1.82) is 0 Å². The molecule has 6 nitrogen and oxygen atoms in total. The van der Waals surface area contributed by atoms with Crippen molar-refractivity contribution in [2.45, 2.75) is 24.7 Å². The lowest BCUT2D eigenvalue weighted by Gasteiger charge is -2.43. The van der Waals surface area contributed by atoms with Gasteiger partial charge in [-0.05, 0) is 35.4 Å². The Morgan fingerprint density at radius 2 is 1.08 bits per heavy atom. The van der Waals surface area contributed by atoms with E-state index in [1.54, 1.807) is 14.2 Å². The van der Waals surface area contributed by atoms with Gasteiger partial charge >= 0.3 is 0 Å². The van der Waals surface area contributed by atoms with Crippen molar-refractivity contribution in [3.63, 3.8) is 0 Å². The molecule has 2 saturated heterocycles. The fourth-order valence-electron chi connectivity index (χ4n) is 3.38. The number of ether oxygens (including phenoxy) is 4.